The molecule has 1 aliphatic rings. The van der Waals surface area contributed by atoms with E-state index >= 15 is 0 Å². The lowest BCUT2D eigenvalue weighted by Crippen LogP contribution is -2.55. The van der Waals surface area contributed by atoms with E-state index in [-0.39, 0.29) is 51.5 Å². The predicted molar refractivity (Wildman–Crippen MR) is 215 cm³/mol. The van der Waals surface area contributed by atoms with Crippen LogP contribution in [-0.4, -0.2) is 92.8 Å². The van der Waals surface area contributed by atoms with Crippen molar-refractivity contribution in [1.82, 2.24) is 20.9 Å². The van der Waals surface area contributed by atoms with Crippen LogP contribution in [0.25, 0.3) is 11.1 Å². The summed E-state index contributed by atoms with van der Waals surface area (Å²) in [7, 11) is 1.50. The second-order valence-corrected chi connectivity index (χ2v) is 14.1. The predicted octanol–water partition coefficient (Wildman–Crippen LogP) is 2.04. The van der Waals surface area contributed by atoms with E-state index in [1.54, 1.807) is 48.5 Å². The number of hydrogen-bond donors (Lipinski definition) is 6. The first-order valence-electron chi connectivity index (χ1n) is 19.2. The summed E-state index contributed by atoms with van der Waals surface area (Å²) in [5.74, 6) is -2.56. The van der Waals surface area contributed by atoms with Gasteiger partial charge in [-0.3, -0.25) is 24.0 Å². The fourth-order valence-corrected chi connectivity index (χ4v) is 6.68. The number of ether oxygens (including phenoxy) is 2. The summed E-state index contributed by atoms with van der Waals surface area (Å²) in [6.07, 6.45) is 1.51. The van der Waals surface area contributed by atoms with E-state index in [9.17, 15) is 24.0 Å². The maximum atomic E-state index is 14.6. The highest BCUT2D eigenvalue weighted by molar-refractivity contribution is 6.00. The van der Waals surface area contributed by atoms with Crippen LogP contribution in [-0.2, 0) is 25.6 Å². The fourth-order valence-electron chi connectivity index (χ4n) is 6.68. The molecule has 0 fully saturated rings. The quantitative estimate of drug-likeness (QED) is 0.0657. The van der Waals surface area contributed by atoms with E-state index in [1.807, 2.05) is 25.1 Å². The Morgan fingerprint density at radius 1 is 0.895 bits per heavy atom. The molecule has 4 rings (SSSR count). The van der Waals surface area contributed by atoms with Crippen LogP contribution in [0.2, 0.25) is 0 Å². The lowest BCUT2D eigenvalue weighted by Gasteiger charge is -2.32. The number of likely N-dealkylation sites (N-methyl/N-ethyl adjacent to an activating group) is 1. The topological polar surface area (TPSA) is 245 Å². The van der Waals surface area contributed by atoms with Crippen molar-refractivity contribution >= 4 is 29.4 Å². The van der Waals surface area contributed by atoms with Crippen LogP contribution in [0.3, 0.4) is 0 Å². The van der Waals surface area contributed by atoms with Crippen LogP contribution in [0.4, 0.5) is 0 Å². The molecule has 0 saturated heterocycles. The molecule has 304 valence electrons. The van der Waals surface area contributed by atoms with Crippen LogP contribution in [0.15, 0.2) is 60.7 Å². The molecule has 0 aliphatic carbocycles. The van der Waals surface area contributed by atoms with E-state index in [2.05, 4.69) is 16.0 Å². The van der Waals surface area contributed by atoms with Gasteiger partial charge in [0.25, 0.3) is 0 Å². The third kappa shape index (κ3) is 11.8. The fraction of sp³-hybridized carbons (Fsp3) is 0.429. The molecule has 0 spiro atoms. The smallest absolute Gasteiger partial charge is 0.248 e. The zero-order valence-corrected chi connectivity index (χ0v) is 32.8. The third-order valence-corrected chi connectivity index (χ3v) is 9.72. The number of nitrogens with one attached hydrogen (secondary N) is 3. The minimum absolute atomic E-state index is 0.0270. The molecule has 1 aliphatic heterocycles. The van der Waals surface area contributed by atoms with Crippen molar-refractivity contribution in [2.75, 3.05) is 46.4 Å². The number of fused-ring (bicyclic) bond motifs is 5. The number of ketones is 1. The highest BCUT2D eigenvalue weighted by atomic mass is 16.5. The largest absolute Gasteiger partial charge is 0.492 e. The average molecular weight is 783 g/mol. The van der Waals surface area contributed by atoms with Gasteiger partial charge < -0.3 is 47.5 Å². The highest BCUT2D eigenvalue weighted by Gasteiger charge is 2.36. The van der Waals surface area contributed by atoms with Gasteiger partial charge in [-0.1, -0.05) is 48.4 Å². The maximum Gasteiger partial charge on any atom is 0.248 e. The molecule has 0 aromatic heterocycles. The molecule has 4 atom stereocenters. The summed E-state index contributed by atoms with van der Waals surface area (Å²) >= 11 is 0. The van der Waals surface area contributed by atoms with Gasteiger partial charge in [0, 0.05) is 55.6 Å². The van der Waals surface area contributed by atoms with Crippen LogP contribution >= 0.6 is 0 Å². The highest BCUT2D eigenvalue weighted by Crippen LogP contribution is 2.40. The number of nitrogens with zero attached hydrogens (tertiary/aromatic N) is 2. The number of Topliss-reactive ketones (excluding diaryl/α,β-unsaturated/α-hetero) is 1. The van der Waals surface area contributed by atoms with Gasteiger partial charge in [0.15, 0.2) is 5.78 Å². The molecule has 3 aromatic carbocycles. The first-order chi connectivity index (χ1) is 27.4. The van der Waals surface area contributed by atoms with Gasteiger partial charge in [0.05, 0.1) is 6.07 Å². The van der Waals surface area contributed by atoms with Crippen LogP contribution < -0.4 is 42.6 Å². The van der Waals surface area contributed by atoms with E-state index < -0.39 is 47.7 Å². The number of carbonyl (C=O) groups excluding carboxylic acids is 5. The van der Waals surface area contributed by atoms with Crippen molar-refractivity contribution in [3.05, 3.63) is 82.9 Å². The van der Waals surface area contributed by atoms with E-state index in [0.717, 1.165) is 5.56 Å². The van der Waals surface area contributed by atoms with Crippen LogP contribution in [0, 0.1) is 24.2 Å². The number of hydrogen-bond acceptors (Lipinski definition) is 11. The summed E-state index contributed by atoms with van der Waals surface area (Å²) in [6, 6.07) is 15.8. The van der Waals surface area contributed by atoms with Crippen molar-refractivity contribution in [2.45, 2.75) is 64.1 Å². The Hall–Kier alpha value is -5.82. The Labute approximate surface area is 333 Å². The lowest BCUT2D eigenvalue weighted by atomic mass is 9.90. The molecule has 0 radical (unpaired) electrons. The SMILES string of the molecule is Cc1ccc(C(=O)C[C@@H](CCCCN)C(=O)N(C)[C@@H]2C(=O)N[C@@H](C)C(=O)N[C@H](C(=O)NCC#N)Cc3ccc(OCCN)c(c3)-c3cc2ccc3OCCN)cc1. The van der Waals surface area contributed by atoms with Crippen molar-refractivity contribution in [3.8, 4) is 28.7 Å². The number of unbranched alkanes of at least 4 members (excludes halogenated alkanes) is 1. The van der Waals surface area contributed by atoms with Gasteiger partial charge in [0.1, 0.15) is 49.4 Å². The molecule has 9 N–H and O–H groups in total. The lowest BCUT2D eigenvalue weighted by molar-refractivity contribution is -0.143. The van der Waals surface area contributed by atoms with Crippen molar-refractivity contribution < 1.29 is 33.4 Å². The molecule has 1 heterocycles. The van der Waals surface area contributed by atoms with Gasteiger partial charge >= 0.3 is 0 Å². The van der Waals surface area contributed by atoms with Gasteiger partial charge in [0.2, 0.25) is 23.6 Å². The van der Waals surface area contributed by atoms with Gasteiger partial charge in [-0.05, 0) is 68.6 Å². The number of nitrogens with two attached hydrogens (primary N) is 3. The van der Waals surface area contributed by atoms with E-state index in [0.29, 0.717) is 65.1 Å². The molecule has 15 heteroatoms. The van der Waals surface area contributed by atoms with Gasteiger partial charge in [-0.2, -0.15) is 5.26 Å². The summed E-state index contributed by atoms with van der Waals surface area (Å²) in [6.45, 7) is 4.28. The Morgan fingerprint density at radius 2 is 1.54 bits per heavy atom. The molecule has 3 aromatic rings. The molecule has 4 amide bonds. The molecule has 57 heavy (non-hydrogen) atoms. The van der Waals surface area contributed by atoms with Crippen molar-refractivity contribution in [1.29, 1.82) is 5.26 Å². The summed E-state index contributed by atoms with van der Waals surface area (Å²) in [4.78, 5) is 70.8. The molecule has 0 unspecified atom stereocenters. The van der Waals surface area contributed by atoms with Crippen molar-refractivity contribution in [3.63, 3.8) is 0 Å². The molecular formula is C42H54N8O7. The number of carbonyl (C=O) groups is 5. The molecule has 0 saturated carbocycles. The number of benzene rings is 3. The Balaban J connectivity index is 1.89. The second kappa shape index (κ2) is 21.5. The number of nitriles is 1. The zero-order valence-electron chi connectivity index (χ0n) is 32.8. The summed E-state index contributed by atoms with van der Waals surface area (Å²) in [5.41, 5.74) is 20.9. The third-order valence-electron chi connectivity index (χ3n) is 9.72. The van der Waals surface area contributed by atoms with Crippen molar-refractivity contribution in [2.24, 2.45) is 23.1 Å². The minimum atomic E-state index is -1.30. The molecule has 15 nitrogen and oxygen atoms in total. The number of rotatable bonds is 17. The summed E-state index contributed by atoms with van der Waals surface area (Å²) in [5, 5.41) is 17.1. The molecular weight excluding hydrogens is 729 g/mol. The second-order valence-electron chi connectivity index (χ2n) is 14.1. The Bertz CT molecular complexity index is 1930. The Morgan fingerprint density at radius 3 is 2.18 bits per heavy atom. The normalized spacial score (nSPS) is 17.2. The van der Waals surface area contributed by atoms with E-state index in [4.69, 9.17) is 31.9 Å². The monoisotopic (exact) mass is 782 g/mol. The Kier molecular flexibility index (Phi) is 16.5. The zero-order chi connectivity index (χ0) is 41.5. The maximum absolute atomic E-state index is 14.6. The van der Waals surface area contributed by atoms with Crippen LogP contribution in [0.5, 0.6) is 11.5 Å². The average Bonchev–Trinajstić information content (AvgIpc) is 3.20. The number of aryl methyl sites for hydroxylation is 1. The standard InChI is InChI=1S/C42H54N8O7/c1-26-7-10-29(11-8-26)35(51)25-31(6-4-5-15-43)42(55)50(3)38-30-12-14-37(57-21-18-46)33(24-30)32-22-28(9-13-36(32)56-20-17-45)23-34(40(53)47-19-16-44)49-39(52)27(2)48-41(38)54/h7-14,22,24,27,31,34,38H,4-6,15,17-21,23,25,43,45-46H2,1-3H3,(H,47,53)(H,48,54)(H,49,52)/t27-,31+,34-,38-/m0/s1. The van der Waals surface area contributed by atoms with Gasteiger partial charge in [-0.15, -0.1) is 0 Å². The summed E-state index contributed by atoms with van der Waals surface area (Å²) < 4.78 is 12.2. The van der Waals surface area contributed by atoms with E-state index in [1.165, 1.54) is 18.9 Å². The first-order valence-corrected chi connectivity index (χ1v) is 19.2. The van der Waals surface area contributed by atoms with Gasteiger partial charge in [-0.25, -0.2) is 0 Å². The molecule has 4 bridgehead atoms. The first kappa shape index (κ1) is 43.9. The van der Waals surface area contributed by atoms with Crippen LogP contribution in [0.1, 0.15) is 65.7 Å². The number of amides is 4. The minimum Gasteiger partial charge on any atom is -0.492 e.